The lowest BCUT2D eigenvalue weighted by Crippen LogP contribution is -2.41. The quantitative estimate of drug-likeness (QED) is 0.804. The molecule has 0 spiro atoms. The fourth-order valence-corrected chi connectivity index (χ4v) is 3.74. The number of amides is 1. The molecule has 1 atom stereocenters. The van der Waals surface area contributed by atoms with Gasteiger partial charge in [-0.15, -0.1) is 0 Å². The third kappa shape index (κ3) is 5.36. The molecule has 0 fully saturated rings. The van der Waals surface area contributed by atoms with Gasteiger partial charge in [-0.05, 0) is 30.7 Å². The highest BCUT2D eigenvalue weighted by molar-refractivity contribution is 7.92. The van der Waals surface area contributed by atoms with Gasteiger partial charge in [-0.2, -0.15) is 0 Å². The number of sulfonamides is 1. The van der Waals surface area contributed by atoms with Crippen LogP contribution in [-0.4, -0.2) is 27.1 Å². The minimum Gasteiger partial charge on any atom is -0.348 e. The van der Waals surface area contributed by atoms with Crippen LogP contribution in [0.1, 0.15) is 18.5 Å². The van der Waals surface area contributed by atoms with E-state index in [1.807, 2.05) is 37.3 Å². The minimum atomic E-state index is -3.70. The van der Waals surface area contributed by atoms with Crippen molar-refractivity contribution in [1.29, 1.82) is 0 Å². The molecule has 5 nitrogen and oxygen atoms in total. The lowest BCUT2D eigenvalue weighted by Gasteiger charge is -2.24. The fourth-order valence-electron chi connectivity index (χ4n) is 2.31. The lowest BCUT2D eigenvalue weighted by atomic mass is 10.1. The highest BCUT2D eigenvalue weighted by atomic mass is 35.5. The van der Waals surface area contributed by atoms with Crippen molar-refractivity contribution in [1.82, 2.24) is 5.32 Å². The number of anilines is 1. The van der Waals surface area contributed by atoms with Gasteiger partial charge in [0.25, 0.3) is 0 Å². The molecule has 0 radical (unpaired) electrons. The molecule has 134 valence electrons. The summed E-state index contributed by atoms with van der Waals surface area (Å²) in [5, 5.41) is 3.32. The average molecular weight is 401 g/mol. The van der Waals surface area contributed by atoms with E-state index >= 15 is 0 Å². The Morgan fingerprint density at radius 3 is 2.36 bits per heavy atom. The maximum absolute atomic E-state index is 12.3. The van der Waals surface area contributed by atoms with Crippen molar-refractivity contribution in [3.8, 4) is 0 Å². The van der Waals surface area contributed by atoms with E-state index in [-0.39, 0.29) is 23.3 Å². The predicted octanol–water partition coefficient (Wildman–Crippen LogP) is 3.64. The zero-order chi connectivity index (χ0) is 18.6. The Bertz CT molecular complexity index is 857. The minimum absolute atomic E-state index is 0.154. The van der Waals surface area contributed by atoms with Crippen LogP contribution < -0.4 is 9.62 Å². The summed E-state index contributed by atoms with van der Waals surface area (Å²) in [7, 11) is -3.70. The van der Waals surface area contributed by atoms with Crippen LogP contribution in [0.25, 0.3) is 0 Å². The molecule has 1 amide bonds. The second kappa shape index (κ2) is 8.08. The Kier molecular flexibility index (Phi) is 6.32. The van der Waals surface area contributed by atoms with E-state index in [0.29, 0.717) is 5.02 Å². The molecule has 1 N–H and O–H groups in total. The Hall–Kier alpha value is -1.76. The van der Waals surface area contributed by atoms with Gasteiger partial charge in [-0.3, -0.25) is 9.10 Å². The Morgan fingerprint density at radius 1 is 1.16 bits per heavy atom. The number of rotatable bonds is 6. The standard InChI is InChI=1S/C17H18Cl2N2O3S/c1-12(13-6-4-3-5-7-13)20-17(22)11-21(25(2,23)24)16-9-8-14(18)10-15(16)19/h3-10,12H,11H2,1-2H3,(H,20,22)/t12-/m0/s1. The summed E-state index contributed by atoms with van der Waals surface area (Å²) < 4.78 is 25.2. The van der Waals surface area contributed by atoms with Gasteiger partial charge in [0.05, 0.1) is 23.0 Å². The largest absolute Gasteiger partial charge is 0.348 e. The van der Waals surface area contributed by atoms with E-state index in [2.05, 4.69) is 5.32 Å². The van der Waals surface area contributed by atoms with Crippen molar-refractivity contribution in [2.45, 2.75) is 13.0 Å². The second-order valence-electron chi connectivity index (χ2n) is 5.57. The average Bonchev–Trinajstić information content (AvgIpc) is 2.53. The van der Waals surface area contributed by atoms with Crippen LogP contribution in [0.3, 0.4) is 0 Å². The molecule has 8 heteroatoms. The molecule has 0 aliphatic carbocycles. The maximum Gasteiger partial charge on any atom is 0.241 e. The Balaban J connectivity index is 2.19. The van der Waals surface area contributed by atoms with Crippen LogP contribution in [0.2, 0.25) is 10.0 Å². The van der Waals surface area contributed by atoms with E-state index < -0.39 is 15.9 Å². The van der Waals surface area contributed by atoms with Gasteiger partial charge in [0.2, 0.25) is 15.9 Å². The van der Waals surface area contributed by atoms with Crippen LogP contribution in [0, 0.1) is 0 Å². The summed E-state index contributed by atoms with van der Waals surface area (Å²) in [5.41, 5.74) is 1.13. The van der Waals surface area contributed by atoms with Gasteiger partial charge in [-0.1, -0.05) is 53.5 Å². The SMILES string of the molecule is C[C@H](NC(=O)CN(c1ccc(Cl)cc1Cl)S(C)(=O)=O)c1ccccc1. The van der Waals surface area contributed by atoms with Crippen LogP contribution in [-0.2, 0) is 14.8 Å². The molecule has 0 saturated heterocycles. The van der Waals surface area contributed by atoms with Crippen molar-refractivity contribution in [2.24, 2.45) is 0 Å². The molecule has 0 aliphatic heterocycles. The number of hydrogen-bond donors (Lipinski definition) is 1. The smallest absolute Gasteiger partial charge is 0.241 e. The van der Waals surface area contributed by atoms with Crippen molar-refractivity contribution >= 4 is 44.8 Å². The molecule has 25 heavy (non-hydrogen) atoms. The number of carbonyl (C=O) groups excluding carboxylic acids is 1. The third-order valence-electron chi connectivity index (χ3n) is 3.54. The van der Waals surface area contributed by atoms with Gasteiger partial charge < -0.3 is 5.32 Å². The van der Waals surface area contributed by atoms with Crippen molar-refractivity contribution in [3.63, 3.8) is 0 Å². The molecule has 0 aromatic heterocycles. The molecule has 0 bridgehead atoms. The van der Waals surface area contributed by atoms with Crippen molar-refractivity contribution in [2.75, 3.05) is 17.1 Å². The fraction of sp³-hybridized carbons (Fsp3) is 0.235. The molecule has 2 aromatic rings. The van der Waals surface area contributed by atoms with Crippen LogP contribution in [0.15, 0.2) is 48.5 Å². The Morgan fingerprint density at radius 2 is 1.80 bits per heavy atom. The first kappa shape index (κ1) is 19.6. The van der Waals surface area contributed by atoms with E-state index in [0.717, 1.165) is 16.1 Å². The monoisotopic (exact) mass is 400 g/mol. The third-order valence-corrected chi connectivity index (χ3v) is 5.21. The van der Waals surface area contributed by atoms with E-state index in [4.69, 9.17) is 23.2 Å². The molecule has 0 aliphatic rings. The normalized spacial score (nSPS) is 12.5. The predicted molar refractivity (Wildman–Crippen MR) is 102 cm³/mol. The highest BCUT2D eigenvalue weighted by Gasteiger charge is 2.24. The summed E-state index contributed by atoms with van der Waals surface area (Å²) in [6.45, 7) is 1.45. The molecule has 0 heterocycles. The number of halogens is 2. The molecular weight excluding hydrogens is 383 g/mol. The van der Waals surface area contributed by atoms with Gasteiger partial charge in [0.15, 0.2) is 0 Å². The zero-order valence-electron chi connectivity index (χ0n) is 13.7. The van der Waals surface area contributed by atoms with Gasteiger partial charge in [-0.25, -0.2) is 8.42 Å². The molecular formula is C17H18Cl2N2O3S. The summed E-state index contributed by atoms with van der Waals surface area (Å²) in [4.78, 5) is 12.3. The number of benzene rings is 2. The van der Waals surface area contributed by atoms with Gasteiger partial charge in [0.1, 0.15) is 6.54 Å². The lowest BCUT2D eigenvalue weighted by molar-refractivity contribution is -0.120. The molecule has 2 rings (SSSR count). The Labute approximate surface area is 157 Å². The van der Waals surface area contributed by atoms with E-state index in [1.54, 1.807) is 0 Å². The molecule has 0 unspecified atom stereocenters. The van der Waals surface area contributed by atoms with E-state index in [9.17, 15) is 13.2 Å². The number of nitrogens with one attached hydrogen (secondary N) is 1. The zero-order valence-corrected chi connectivity index (χ0v) is 16.1. The van der Waals surface area contributed by atoms with Crippen LogP contribution >= 0.6 is 23.2 Å². The summed E-state index contributed by atoms with van der Waals surface area (Å²) in [5.74, 6) is -0.437. The summed E-state index contributed by atoms with van der Waals surface area (Å²) in [6, 6.07) is 13.6. The summed E-state index contributed by atoms with van der Waals surface area (Å²) >= 11 is 11.9. The maximum atomic E-state index is 12.3. The summed E-state index contributed by atoms with van der Waals surface area (Å²) in [6.07, 6.45) is 1.02. The number of nitrogens with zero attached hydrogens (tertiary/aromatic N) is 1. The second-order valence-corrected chi connectivity index (χ2v) is 8.32. The van der Waals surface area contributed by atoms with Gasteiger partial charge >= 0.3 is 0 Å². The molecule has 0 saturated carbocycles. The number of hydrogen-bond acceptors (Lipinski definition) is 3. The molecule has 2 aromatic carbocycles. The van der Waals surface area contributed by atoms with Crippen molar-refractivity contribution < 1.29 is 13.2 Å². The first-order valence-electron chi connectivity index (χ1n) is 7.45. The van der Waals surface area contributed by atoms with Crippen molar-refractivity contribution in [3.05, 3.63) is 64.1 Å². The first-order valence-corrected chi connectivity index (χ1v) is 10.1. The first-order chi connectivity index (χ1) is 11.7. The van der Waals surface area contributed by atoms with Gasteiger partial charge in [0, 0.05) is 5.02 Å². The van der Waals surface area contributed by atoms with Crippen LogP contribution in [0.4, 0.5) is 5.69 Å². The van der Waals surface area contributed by atoms with E-state index in [1.165, 1.54) is 18.2 Å². The van der Waals surface area contributed by atoms with Crippen LogP contribution in [0.5, 0.6) is 0 Å². The highest BCUT2D eigenvalue weighted by Crippen LogP contribution is 2.30. The number of carbonyl (C=O) groups is 1. The topological polar surface area (TPSA) is 66.5 Å².